The number of aromatic nitrogens is 3. The van der Waals surface area contributed by atoms with Gasteiger partial charge >= 0.3 is 0 Å². The molecule has 0 saturated carbocycles. The average molecular weight is 923 g/mol. The number of nitrogens with two attached hydrogens (primary N) is 4. The highest BCUT2D eigenvalue weighted by molar-refractivity contribution is 5.98. The van der Waals surface area contributed by atoms with Crippen molar-refractivity contribution in [3.05, 3.63) is 54.2 Å². The van der Waals surface area contributed by atoms with Gasteiger partial charge in [0.15, 0.2) is 0 Å². The van der Waals surface area contributed by atoms with E-state index >= 15 is 0 Å². The molecule has 360 valence electrons. The van der Waals surface area contributed by atoms with E-state index in [4.69, 9.17) is 22.9 Å². The van der Waals surface area contributed by atoms with Crippen molar-refractivity contribution >= 4 is 70.0 Å². The first-order valence-electron chi connectivity index (χ1n) is 21.3. The molecule has 1 aromatic carbocycles. The van der Waals surface area contributed by atoms with Gasteiger partial charge in [-0.15, -0.1) is 0 Å². The lowest BCUT2D eigenvalue weighted by Crippen LogP contribution is -2.59. The number of fused-ring (bicyclic) bond motifs is 1. The molecule has 24 nitrogen and oxygen atoms in total. The molecule has 0 bridgehead atoms. The van der Waals surface area contributed by atoms with Gasteiger partial charge in [0.05, 0.1) is 25.3 Å². The number of rotatable bonds is 27. The first kappa shape index (κ1) is 53.0. The number of hydrogen-bond acceptors (Lipinski definition) is 12. The molecule has 3 rings (SSSR count). The highest BCUT2D eigenvalue weighted by atomic mass is 16.2. The van der Waals surface area contributed by atoms with Crippen molar-refractivity contribution in [2.45, 2.75) is 115 Å². The quantitative estimate of drug-likeness (QED) is 0.0353. The third-order valence-electron chi connectivity index (χ3n) is 10.2. The van der Waals surface area contributed by atoms with Crippen LogP contribution < -0.4 is 60.2 Å². The van der Waals surface area contributed by atoms with Crippen molar-refractivity contribution in [2.24, 2.45) is 34.8 Å². The lowest BCUT2D eigenvalue weighted by Gasteiger charge is -2.26. The fraction of sp³-hybridized carbons (Fsp3) is 0.500. The number of nitrogens with zero attached hydrogens (tertiary/aromatic N) is 1. The highest BCUT2D eigenvalue weighted by Gasteiger charge is 2.33. The number of nitrogens with one attached hydrogen (secondary N) is 9. The molecular weight excluding hydrogens is 861 g/mol. The first-order chi connectivity index (χ1) is 31.1. The zero-order chi connectivity index (χ0) is 49.2. The molecule has 0 saturated heterocycles. The molecule has 0 unspecified atom stereocenters. The fourth-order valence-corrected chi connectivity index (χ4v) is 6.68. The third-order valence-corrected chi connectivity index (χ3v) is 10.2. The predicted octanol–water partition coefficient (Wildman–Crippen LogP) is -3.62. The van der Waals surface area contributed by atoms with Crippen LogP contribution in [0.5, 0.6) is 0 Å². The molecule has 3 aromatic rings. The normalized spacial score (nSPS) is 14.4. The number of H-pyrrole nitrogens is 2. The molecule has 17 N–H and O–H groups in total. The van der Waals surface area contributed by atoms with Gasteiger partial charge in [-0.1, -0.05) is 45.9 Å². The first-order valence-corrected chi connectivity index (χ1v) is 21.3. The summed E-state index contributed by atoms with van der Waals surface area (Å²) < 4.78 is 0. The van der Waals surface area contributed by atoms with E-state index < -0.39 is 120 Å². The van der Waals surface area contributed by atoms with Crippen LogP contribution in [0.15, 0.2) is 43.0 Å². The summed E-state index contributed by atoms with van der Waals surface area (Å²) in [5, 5.41) is 18.4. The standard InChI is InChI=1S/C42H62N14O10/c1-20(2)12-29(36(46)60)54-41(65)31(14-24-17-47-19-50-24)52-34(59)18-49-42(66)35(21(3)4)56-37(61)22(5)51-40(64)30(13-23-16-48-27-9-7-6-8-25(23)27)55-39(63)28(10-11-32(44)57)53-38(62)26(43)15-33(45)58/h6-9,16-17,19-22,26,28-31,35,48H,10-15,18,43H2,1-5H3,(H2,44,57)(H2,45,58)(H2,46,60)(H,47,50)(H,49,66)(H,51,64)(H,52,59)(H,53,62)(H,54,65)(H,55,63)(H,56,61)/t22-,26-,28-,29-,30-,31-,35-/m0/s1. The van der Waals surface area contributed by atoms with Crippen LogP contribution in [0.25, 0.3) is 10.9 Å². The number of amides is 10. The Balaban J connectivity index is 1.74. The Bertz CT molecular complexity index is 2210. The van der Waals surface area contributed by atoms with Crippen LogP contribution in [-0.2, 0) is 60.8 Å². The van der Waals surface area contributed by atoms with E-state index in [1.54, 1.807) is 44.3 Å². The van der Waals surface area contributed by atoms with Crippen molar-refractivity contribution in [1.82, 2.24) is 52.2 Å². The van der Waals surface area contributed by atoms with Crippen LogP contribution in [-0.4, -0.2) is 123 Å². The van der Waals surface area contributed by atoms with Gasteiger partial charge in [-0.2, -0.15) is 0 Å². The molecule has 66 heavy (non-hydrogen) atoms. The average Bonchev–Trinajstić information content (AvgIpc) is 3.91. The summed E-state index contributed by atoms with van der Waals surface area (Å²) in [7, 11) is 0. The molecule has 0 aliphatic rings. The Hall–Kier alpha value is -7.37. The minimum Gasteiger partial charge on any atom is -0.370 e. The van der Waals surface area contributed by atoms with Gasteiger partial charge in [0.2, 0.25) is 59.1 Å². The molecular formula is C42H62N14O10. The second-order valence-corrected chi connectivity index (χ2v) is 16.6. The maximum Gasteiger partial charge on any atom is 0.243 e. The maximum atomic E-state index is 14.0. The van der Waals surface area contributed by atoms with Crippen molar-refractivity contribution in [2.75, 3.05) is 6.54 Å². The van der Waals surface area contributed by atoms with E-state index in [9.17, 15) is 47.9 Å². The molecule has 0 aliphatic heterocycles. The van der Waals surface area contributed by atoms with Gasteiger partial charge in [0, 0.05) is 48.3 Å². The van der Waals surface area contributed by atoms with Gasteiger partial charge in [-0.05, 0) is 43.2 Å². The molecule has 24 heteroatoms. The number of benzene rings is 1. The fourth-order valence-electron chi connectivity index (χ4n) is 6.68. The lowest BCUT2D eigenvalue weighted by atomic mass is 10.0. The highest BCUT2D eigenvalue weighted by Crippen LogP contribution is 2.19. The van der Waals surface area contributed by atoms with Crippen molar-refractivity contribution in [1.29, 1.82) is 0 Å². The largest absolute Gasteiger partial charge is 0.370 e. The van der Waals surface area contributed by atoms with Crippen LogP contribution in [0.4, 0.5) is 0 Å². The second-order valence-electron chi connectivity index (χ2n) is 16.6. The van der Waals surface area contributed by atoms with Crippen LogP contribution in [0.1, 0.15) is 71.6 Å². The molecule has 0 spiro atoms. The summed E-state index contributed by atoms with van der Waals surface area (Å²) >= 11 is 0. The van der Waals surface area contributed by atoms with E-state index in [1.807, 2.05) is 13.8 Å². The molecule has 0 fully saturated rings. The van der Waals surface area contributed by atoms with E-state index in [1.165, 1.54) is 19.4 Å². The van der Waals surface area contributed by atoms with Crippen LogP contribution in [0, 0.1) is 11.8 Å². The van der Waals surface area contributed by atoms with Crippen LogP contribution >= 0.6 is 0 Å². The number of hydrogen-bond donors (Lipinski definition) is 13. The van der Waals surface area contributed by atoms with Crippen molar-refractivity contribution in [3.63, 3.8) is 0 Å². The predicted molar refractivity (Wildman–Crippen MR) is 238 cm³/mol. The Morgan fingerprint density at radius 1 is 0.667 bits per heavy atom. The van der Waals surface area contributed by atoms with Crippen molar-refractivity contribution in [3.8, 4) is 0 Å². The minimum absolute atomic E-state index is 0.0122. The Morgan fingerprint density at radius 3 is 1.89 bits per heavy atom. The number of primary amides is 3. The van der Waals surface area contributed by atoms with Gasteiger partial charge < -0.3 is 70.1 Å². The zero-order valence-electron chi connectivity index (χ0n) is 37.5. The van der Waals surface area contributed by atoms with Crippen LogP contribution in [0.2, 0.25) is 0 Å². The Morgan fingerprint density at radius 2 is 1.29 bits per heavy atom. The molecule has 10 amide bonds. The summed E-state index contributed by atoms with van der Waals surface area (Å²) in [6.07, 6.45) is 3.37. The third kappa shape index (κ3) is 17.0. The molecule has 0 radical (unpaired) electrons. The van der Waals surface area contributed by atoms with Gasteiger partial charge in [-0.25, -0.2) is 4.98 Å². The minimum atomic E-state index is -1.45. The summed E-state index contributed by atoms with van der Waals surface area (Å²) in [5.74, 6) is -8.68. The topological polar surface area (TPSA) is 403 Å². The molecule has 2 heterocycles. The molecule has 0 aliphatic carbocycles. The van der Waals surface area contributed by atoms with Crippen molar-refractivity contribution < 1.29 is 47.9 Å². The summed E-state index contributed by atoms with van der Waals surface area (Å²) in [6.45, 7) is 7.68. The number of para-hydroxylation sites is 1. The summed E-state index contributed by atoms with van der Waals surface area (Å²) in [6, 6.07) is -1.85. The molecule has 7 atom stereocenters. The van der Waals surface area contributed by atoms with E-state index in [2.05, 4.69) is 52.2 Å². The Kier molecular flexibility index (Phi) is 20.2. The number of imidazole rings is 1. The summed E-state index contributed by atoms with van der Waals surface area (Å²) in [4.78, 5) is 139. The van der Waals surface area contributed by atoms with E-state index in [0.717, 1.165) is 10.9 Å². The Labute approximate surface area is 380 Å². The number of carbonyl (C=O) groups excluding carboxylic acids is 10. The monoisotopic (exact) mass is 922 g/mol. The molecule has 2 aromatic heterocycles. The lowest BCUT2D eigenvalue weighted by molar-refractivity contribution is -0.135. The van der Waals surface area contributed by atoms with E-state index in [0.29, 0.717) is 11.3 Å². The van der Waals surface area contributed by atoms with Gasteiger partial charge in [-0.3, -0.25) is 47.9 Å². The zero-order valence-corrected chi connectivity index (χ0v) is 37.5. The second kappa shape index (κ2) is 25.2. The number of aromatic amines is 2. The van der Waals surface area contributed by atoms with E-state index in [-0.39, 0.29) is 38.0 Å². The smallest absolute Gasteiger partial charge is 0.243 e. The van der Waals surface area contributed by atoms with Gasteiger partial charge in [0.1, 0.15) is 36.3 Å². The summed E-state index contributed by atoms with van der Waals surface area (Å²) in [5.41, 5.74) is 23.6. The van der Waals surface area contributed by atoms with Crippen LogP contribution in [0.3, 0.4) is 0 Å². The van der Waals surface area contributed by atoms with Gasteiger partial charge in [0.25, 0.3) is 0 Å². The SMILES string of the molecule is CC(C)C[C@H](NC(=O)[C@H](Cc1cnc[nH]1)NC(=O)CNC(=O)[C@@H](NC(=O)[C@H](C)NC(=O)[C@H](Cc1c[nH]c2ccccc12)NC(=O)[C@H](CCC(N)=O)NC(=O)[C@@H](N)CC(N)=O)C(C)C)C(N)=O. The number of carbonyl (C=O) groups is 10. The maximum absolute atomic E-state index is 14.0.